The number of para-hydroxylation sites is 1. The number of nitrogens with zero attached hydrogens (tertiary/aromatic N) is 3. The lowest BCUT2D eigenvalue weighted by molar-refractivity contribution is -0.117. The highest BCUT2D eigenvalue weighted by Gasteiger charge is 2.31. The van der Waals surface area contributed by atoms with Crippen LogP contribution in [0.15, 0.2) is 42.9 Å². The third kappa shape index (κ3) is 4.76. The maximum atomic E-state index is 12.2. The smallest absolute Gasteiger partial charge is 0.252 e. The van der Waals surface area contributed by atoms with Crippen LogP contribution in [0, 0.1) is 5.92 Å². The van der Waals surface area contributed by atoms with E-state index in [1.54, 1.807) is 20.3 Å². The topological polar surface area (TPSA) is 133 Å². The maximum Gasteiger partial charge on any atom is 0.252 e. The SMILES string of the molecule is COc1c(Nc2cc(NC(=O)C3CC3)ncc2C(N)=O)cccc1-c1cnn(C2CCC[C@@H]2OC)c1. The Kier molecular flexibility index (Phi) is 6.60. The number of pyridine rings is 1. The van der Waals surface area contributed by atoms with Crippen LogP contribution >= 0.6 is 0 Å². The monoisotopic (exact) mass is 490 g/mol. The second-order valence-electron chi connectivity index (χ2n) is 9.24. The summed E-state index contributed by atoms with van der Waals surface area (Å²) in [4.78, 5) is 28.5. The van der Waals surface area contributed by atoms with Crippen molar-refractivity contribution in [1.29, 1.82) is 0 Å². The number of carbonyl (C=O) groups is 2. The van der Waals surface area contributed by atoms with Gasteiger partial charge in [0, 0.05) is 42.6 Å². The molecule has 2 atom stereocenters. The summed E-state index contributed by atoms with van der Waals surface area (Å²) in [7, 11) is 3.34. The molecule has 0 radical (unpaired) electrons. The van der Waals surface area contributed by atoms with Crippen molar-refractivity contribution in [2.45, 2.75) is 44.2 Å². The van der Waals surface area contributed by atoms with Crippen LogP contribution in [0.25, 0.3) is 11.1 Å². The van der Waals surface area contributed by atoms with Crippen molar-refractivity contribution in [2.24, 2.45) is 11.7 Å². The molecule has 10 heteroatoms. The van der Waals surface area contributed by atoms with E-state index < -0.39 is 5.91 Å². The summed E-state index contributed by atoms with van der Waals surface area (Å²) in [6, 6.07) is 7.51. The number of methoxy groups -OCH3 is 2. The van der Waals surface area contributed by atoms with Crippen molar-refractivity contribution < 1.29 is 19.1 Å². The number of hydrogen-bond donors (Lipinski definition) is 3. The Morgan fingerprint density at radius 1 is 1.11 bits per heavy atom. The number of aromatic nitrogens is 3. The van der Waals surface area contributed by atoms with Crippen molar-refractivity contribution in [2.75, 3.05) is 24.9 Å². The lowest BCUT2D eigenvalue weighted by Crippen LogP contribution is -2.20. The largest absolute Gasteiger partial charge is 0.494 e. The molecule has 0 bridgehead atoms. The first-order chi connectivity index (χ1) is 17.5. The van der Waals surface area contributed by atoms with Gasteiger partial charge in [-0.15, -0.1) is 0 Å². The molecule has 2 fully saturated rings. The zero-order valence-electron chi connectivity index (χ0n) is 20.4. The molecule has 3 aromatic rings. The Bertz CT molecular complexity index is 1290. The molecule has 0 aliphatic heterocycles. The van der Waals surface area contributed by atoms with E-state index in [1.807, 2.05) is 35.3 Å². The third-order valence-corrected chi connectivity index (χ3v) is 6.83. The van der Waals surface area contributed by atoms with E-state index in [0.717, 1.165) is 43.2 Å². The van der Waals surface area contributed by atoms with Gasteiger partial charge in [0.25, 0.3) is 5.91 Å². The van der Waals surface area contributed by atoms with Crippen LogP contribution in [0.5, 0.6) is 5.75 Å². The lowest BCUT2D eigenvalue weighted by Gasteiger charge is -2.18. The summed E-state index contributed by atoms with van der Waals surface area (Å²) in [5.74, 6) is 0.253. The molecule has 188 valence electrons. The number of hydrogen-bond acceptors (Lipinski definition) is 7. The van der Waals surface area contributed by atoms with E-state index in [9.17, 15) is 9.59 Å². The van der Waals surface area contributed by atoms with Gasteiger partial charge in [-0.25, -0.2) is 4.98 Å². The molecule has 0 saturated heterocycles. The van der Waals surface area contributed by atoms with Crippen LogP contribution in [0.2, 0.25) is 0 Å². The standard InChI is InChI=1S/C26H30N6O4/c1-35-22-8-4-7-21(22)32-14-16(12-29-32)17-5-3-6-19(24(17)36-2)30-20-11-23(28-13-18(20)25(27)33)31-26(34)15-9-10-15/h3,5-6,11-15,21-22H,4,7-10H2,1-2H3,(H2,27,33)(H2,28,30,31,34)/t21?,22-/m0/s1. The van der Waals surface area contributed by atoms with Gasteiger partial charge in [-0.2, -0.15) is 5.10 Å². The molecule has 1 aromatic carbocycles. The number of benzene rings is 1. The van der Waals surface area contributed by atoms with E-state index in [2.05, 4.69) is 20.7 Å². The summed E-state index contributed by atoms with van der Waals surface area (Å²) in [6.07, 6.45) is 10.3. The van der Waals surface area contributed by atoms with Crippen molar-refractivity contribution in [1.82, 2.24) is 14.8 Å². The lowest BCUT2D eigenvalue weighted by atomic mass is 10.1. The maximum absolute atomic E-state index is 12.2. The minimum absolute atomic E-state index is 0.0279. The highest BCUT2D eigenvalue weighted by molar-refractivity contribution is 6.01. The molecule has 2 aliphatic rings. The number of nitrogens with one attached hydrogen (secondary N) is 2. The van der Waals surface area contributed by atoms with Crippen LogP contribution in [-0.4, -0.2) is 46.9 Å². The van der Waals surface area contributed by atoms with Crippen molar-refractivity contribution in [3.63, 3.8) is 0 Å². The Morgan fingerprint density at radius 3 is 2.67 bits per heavy atom. The summed E-state index contributed by atoms with van der Waals surface area (Å²) in [5.41, 5.74) is 8.59. The zero-order chi connectivity index (χ0) is 25.2. The normalized spacial score (nSPS) is 19.2. The number of anilines is 3. The Balaban J connectivity index is 1.45. The minimum Gasteiger partial charge on any atom is -0.494 e. The predicted octanol–water partition coefficient (Wildman–Crippen LogP) is 3.88. The molecule has 4 N–H and O–H groups in total. The highest BCUT2D eigenvalue weighted by atomic mass is 16.5. The Labute approximate surface area is 209 Å². The van der Waals surface area contributed by atoms with Gasteiger partial charge in [-0.3, -0.25) is 14.3 Å². The van der Waals surface area contributed by atoms with Gasteiger partial charge < -0.3 is 25.8 Å². The second-order valence-corrected chi connectivity index (χ2v) is 9.24. The Hall–Kier alpha value is -3.92. The van der Waals surface area contributed by atoms with Gasteiger partial charge in [-0.1, -0.05) is 12.1 Å². The molecule has 2 aliphatic carbocycles. The predicted molar refractivity (Wildman–Crippen MR) is 135 cm³/mol. The van der Waals surface area contributed by atoms with Crippen molar-refractivity contribution in [3.05, 3.63) is 48.4 Å². The molecule has 2 amide bonds. The number of nitrogens with two attached hydrogens (primary N) is 1. The molecule has 2 aromatic heterocycles. The van der Waals surface area contributed by atoms with Gasteiger partial charge in [0.1, 0.15) is 11.6 Å². The first-order valence-electron chi connectivity index (χ1n) is 12.1. The molecule has 2 heterocycles. The number of amides is 2. The van der Waals surface area contributed by atoms with Crippen LogP contribution < -0.4 is 21.1 Å². The number of carbonyl (C=O) groups excluding carboxylic acids is 2. The van der Waals surface area contributed by atoms with E-state index >= 15 is 0 Å². The van der Waals surface area contributed by atoms with Crippen molar-refractivity contribution in [3.8, 4) is 16.9 Å². The van der Waals surface area contributed by atoms with E-state index in [1.165, 1.54) is 6.20 Å². The molecule has 2 saturated carbocycles. The van der Waals surface area contributed by atoms with E-state index in [-0.39, 0.29) is 29.5 Å². The summed E-state index contributed by atoms with van der Waals surface area (Å²) < 4.78 is 13.4. The van der Waals surface area contributed by atoms with Crippen LogP contribution in [0.3, 0.4) is 0 Å². The zero-order valence-corrected chi connectivity index (χ0v) is 20.4. The van der Waals surface area contributed by atoms with E-state index in [4.69, 9.17) is 15.2 Å². The molecule has 10 nitrogen and oxygen atoms in total. The summed E-state index contributed by atoms with van der Waals surface area (Å²) in [6.45, 7) is 0. The quantitative estimate of drug-likeness (QED) is 0.414. The van der Waals surface area contributed by atoms with Crippen molar-refractivity contribution >= 4 is 29.0 Å². The van der Waals surface area contributed by atoms with Crippen LogP contribution in [0.1, 0.15) is 48.5 Å². The molecular weight excluding hydrogens is 460 g/mol. The fourth-order valence-electron chi connectivity index (χ4n) is 4.77. The highest BCUT2D eigenvalue weighted by Crippen LogP contribution is 2.40. The average molecular weight is 491 g/mol. The van der Waals surface area contributed by atoms with Gasteiger partial charge in [-0.05, 0) is 38.2 Å². The van der Waals surface area contributed by atoms with Crippen LogP contribution in [0.4, 0.5) is 17.2 Å². The van der Waals surface area contributed by atoms with E-state index in [0.29, 0.717) is 22.9 Å². The summed E-state index contributed by atoms with van der Waals surface area (Å²) in [5, 5.41) is 10.7. The first-order valence-corrected chi connectivity index (χ1v) is 12.1. The molecule has 0 spiro atoms. The summed E-state index contributed by atoms with van der Waals surface area (Å²) >= 11 is 0. The molecule has 1 unspecified atom stereocenters. The minimum atomic E-state index is -0.634. The second kappa shape index (κ2) is 9.98. The fourth-order valence-corrected chi connectivity index (χ4v) is 4.77. The average Bonchev–Trinajstić information content (AvgIpc) is 3.42. The molecular formula is C26H30N6O4. The molecule has 36 heavy (non-hydrogen) atoms. The number of primary amides is 1. The van der Waals surface area contributed by atoms with Gasteiger partial charge >= 0.3 is 0 Å². The van der Waals surface area contributed by atoms with Gasteiger partial charge in [0.2, 0.25) is 5.91 Å². The Morgan fingerprint density at radius 2 is 1.94 bits per heavy atom. The fraction of sp³-hybridized carbons (Fsp3) is 0.385. The van der Waals surface area contributed by atoms with Gasteiger partial charge in [0.15, 0.2) is 0 Å². The van der Waals surface area contributed by atoms with Gasteiger partial charge in [0.05, 0.1) is 42.4 Å². The van der Waals surface area contributed by atoms with Crippen LogP contribution in [-0.2, 0) is 9.53 Å². The first kappa shape index (κ1) is 23.8. The number of ether oxygens (including phenoxy) is 2. The third-order valence-electron chi connectivity index (χ3n) is 6.83. The molecule has 5 rings (SSSR count). The number of rotatable bonds is 9.